The second-order valence-electron chi connectivity index (χ2n) is 6.30. The van der Waals surface area contributed by atoms with Crippen LogP contribution in [0.3, 0.4) is 0 Å². The van der Waals surface area contributed by atoms with E-state index in [2.05, 4.69) is 11.3 Å². The minimum Gasteiger partial charge on any atom is -0.488 e. The van der Waals surface area contributed by atoms with E-state index in [-0.39, 0.29) is 18.3 Å². The highest BCUT2D eigenvalue weighted by Crippen LogP contribution is 2.30. The van der Waals surface area contributed by atoms with Crippen molar-refractivity contribution in [1.29, 1.82) is 0 Å². The molecule has 0 heterocycles. The van der Waals surface area contributed by atoms with E-state index < -0.39 is 24.5 Å². The maximum Gasteiger partial charge on any atom is 0.573 e. The van der Waals surface area contributed by atoms with Crippen LogP contribution in [0.5, 0.6) is 11.5 Å². The Balaban J connectivity index is 1.82. The maximum absolute atomic E-state index is 12.1. The summed E-state index contributed by atoms with van der Waals surface area (Å²) in [6.45, 7) is 5.27. The van der Waals surface area contributed by atoms with Crippen molar-refractivity contribution in [1.82, 2.24) is 0 Å². The van der Waals surface area contributed by atoms with Crippen LogP contribution in [-0.2, 0) is 9.53 Å². The van der Waals surface area contributed by atoms with Crippen molar-refractivity contribution in [3.05, 3.63) is 36.4 Å². The van der Waals surface area contributed by atoms with Gasteiger partial charge in [-0.25, -0.2) is 4.79 Å². The number of carbonyl (C=O) groups excluding carboxylic acids is 1. The molecule has 2 rings (SSSR count). The van der Waals surface area contributed by atoms with Crippen LogP contribution in [0.25, 0.3) is 0 Å². The van der Waals surface area contributed by atoms with Gasteiger partial charge in [0, 0.05) is 5.57 Å². The molecule has 0 aliphatic heterocycles. The van der Waals surface area contributed by atoms with E-state index in [0.717, 1.165) is 12.1 Å². The Labute approximate surface area is 149 Å². The van der Waals surface area contributed by atoms with Crippen molar-refractivity contribution in [2.75, 3.05) is 6.61 Å². The molecule has 0 amide bonds. The summed E-state index contributed by atoms with van der Waals surface area (Å²) < 4.78 is 51.0. The van der Waals surface area contributed by atoms with Gasteiger partial charge >= 0.3 is 12.3 Å². The largest absolute Gasteiger partial charge is 0.573 e. The summed E-state index contributed by atoms with van der Waals surface area (Å²) >= 11 is 0. The van der Waals surface area contributed by atoms with Crippen LogP contribution in [-0.4, -0.2) is 36.3 Å². The van der Waals surface area contributed by atoms with Crippen molar-refractivity contribution in [3.63, 3.8) is 0 Å². The normalized spacial score (nSPS) is 23.2. The Hall–Kier alpha value is -2.22. The fraction of sp³-hybridized carbons (Fsp3) is 0.500. The third-order valence-electron chi connectivity index (χ3n) is 4.01. The smallest absolute Gasteiger partial charge is 0.488 e. The first-order chi connectivity index (χ1) is 12.1. The van der Waals surface area contributed by atoms with Gasteiger partial charge in [-0.1, -0.05) is 6.58 Å². The van der Waals surface area contributed by atoms with Gasteiger partial charge in [-0.3, -0.25) is 0 Å². The van der Waals surface area contributed by atoms with Crippen molar-refractivity contribution in [2.45, 2.75) is 44.8 Å². The predicted octanol–water partition coefficient (Wildman–Crippen LogP) is 3.61. The highest BCUT2D eigenvalue weighted by atomic mass is 19.4. The molecule has 0 spiro atoms. The number of alkyl halides is 3. The molecule has 3 atom stereocenters. The number of ether oxygens (including phenoxy) is 3. The monoisotopic (exact) mass is 374 g/mol. The molecule has 0 aromatic heterocycles. The van der Waals surface area contributed by atoms with Crippen LogP contribution >= 0.6 is 0 Å². The van der Waals surface area contributed by atoms with Gasteiger partial charge in [0.15, 0.2) is 0 Å². The van der Waals surface area contributed by atoms with E-state index >= 15 is 0 Å². The highest BCUT2D eigenvalue weighted by molar-refractivity contribution is 5.86. The van der Waals surface area contributed by atoms with Gasteiger partial charge in [0.25, 0.3) is 0 Å². The molecule has 1 N–H and O–H groups in total. The van der Waals surface area contributed by atoms with Crippen LogP contribution in [0.15, 0.2) is 36.4 Å². The quantitative estimate of drug-likeness (QED) is 0.609. The molecule has 1 aliphatic carbocycles. The number of hydrogen-bond donors (Lipinski definition) is 1. The number of esters is 1. The molecule has 1 fully saturated rings. The second kappa shape index (κ2) is 8.44. The summed E-state index contributed by atoms with van der Waals surface area (Å²) in [5.41, 5.74) is 0.320. The van der Waals surface area contributed by atoms with Crippen molar-refractivity contribution < 1.29 is 37.3 Å². The average Bonchev–Trinajstić information content (AvgIpc) is 2.55. The molecule has 144 valence electrons. The molecule has 26 heavy (non-hydrogen) atoms. The molecule has 1 aromatic carbocycles. The van der Waals surface area contributed by atoms with Gasteiger partial charge in [0.05, 0.1) is 12.7 Å². The van der Waals surface area contributed by atoms with Crippen LogP contribution in [0, 0.1) is 5.92 Å². The van der Waals surface area contributed by atoms with Gasteiger partial charge in [0.1, 0.15) is 17.6 Å². The van der Waals surface area contributed by atoms with Gasteiger partial charge < -0.3 is 19.3 Å². The summed E-state index contributed by atoms with van der Waals surface area (Å²) in [7, 11) is 0. The Morgan fingerprint density at radius 1 is 1.23 bits per heavy atom. The molecule has 0 radical (unpaired) electrons. The molecule has 0 bridgehead atoms. The first-order valence-corrected chi connectivity index (χ1v) is 8.17. The summed E-state index contributed by atoms with van der Waals surface area (Å²) in [5.74, 6) is -0.432. The number of hydrogen-bond acceptors (Lipinski definition) is 5. The molecule has 0 saturated heterocycles. The number of aliphatic hydroxyl groups is 1. The fourth-order valence-corrected chi connectivity index (χ4v) is 2.70. The number of carbonyl (C=O) groups is 1. The van der Waals surface area contributed by atoms with Crippen molar-refractivity contribution in [3.8, 4) is 11.5 Å². The molecule has 3 unspecified atom stereocenters. The SMILES string of the molecule is C=C(C)C(=O)OCC1CCC(Oc2ccc(OC(F)(F)F)cc2)C(O)C1. The van der Waals surface area contributed by atoms with E-state index in [9.17, 15) is 23.1 Å². The van der Waals surface area contributed by atoms with Gasteiger partial charge in [0.2, 0.25) is 0 Å². The maximum atomic E-state index is 12.1. The zero-order valence-electron chi connectivity index (χ0n) is 14.3. The lowest BCUT2D eigenvalue weighted by atomic mass is 9.86. The zero-order valence-corrected chi connectivity index (χ0v) is 14.3. The van der Waals surface area contributed by atoms with Crippen molar-refractivity contribution >= 4 is 5.97 Å². The topological polar surface area (TPSA) is 65.0 Å². The van der Waals surface area contributed by atoms with E-state index in [0.29, 0.717) is 30.6 Å². The minimum absolute atomic E-state index is 0.0238. The average molecular weight is 374 g/mol. The Kier molecular flexibility index (Phi) is 6.52. The highest BCUT2D eigenvalue weighted by Gasteiger charge is 2.32. The molecule has 1 aromatic rings. The van der Waals surface area contributed by atoms with Gasteiger partial charge in [-0.15, -0.1) is 13.2 Å². The van der Waals surface area contributed by atoms with Crippen LogP contribution in [0.4, 0.5) is 13.2 Å². The van der Waals surface area contributed by atoms with Crippen LogP contribution in [0.2, 0.25) is 0 Å². The lowest BCUT2D eigenvalue weighted by Crippen LogP contribution is -2.39. The fourth-order valence-electron chi connectivity index (χ4n) is 2.70. The van der Waals surface area contributed by atoms with E-state index in [4.69, 9.17) is 9.47 Å². The molecule has 1 aliphatic rings. The predicted molar refractivity (Wildman–Crippen MR) is 86.7 cm³/mol. The van der Waals surface area contributed by atoms with Gasteiger partial charge in [-0.2, -0.15) is 0 Å². The minimum atomic E-state index is -4.75. The Bertz CT molecular complexity index is 627. The summed E-state index contributed by atoms with van der Waals surface area (Å²) in [6.07, 6.45) is -4.34. The van der Waals surface area contributed by atoms with E-state index in [1.807, 2.05) is 0 Å². The third kappa shape index (κ3) is 6.25. The summed E-state index contributed by atoms with van der Waals surface area (Å²) in [6, 6.07) is 5.01. The van der Waals surface area contributed by atoms with Gasteiger partial charge in [-0.05, 0) is 56.4 Å². The first-order valence-electron chi connectivity index (χ1n) is 8.17. The van der Waals surface area contributed by atoms with Crippen LogP contribution in [0.1, 0.15) is 26.2 Å². The summed E-state index contributed by atoms with van der Waals surface area (Å²) in [4.78, 5) is 11.4. The molecular weight excluding hydrogens is 353 g/mol. The first kappa shape index (κ1) is 20.1. The van der Waals surface area contributed by atoms with Crippen molar-refractivity contribution in [2.24, 2.45) is 5.92 Å². The molecular formula is C18H21F3O5. The summed E-state index contributed by atoms with van der Waals surface area (Å²) in [5, 5.41) is 10.2. The standard InChI is InChI=1S/C18H21F3O5/c1-11(2)17(23)24-10-12-3-8-16(15(22)9-12)25-13-4-6-14(7-5-13)26-18(19,20)21/h4-7,12,15-16,22H,1,3,8-10H2,2H3. The Morgan fingerprint density at radius 2 is 1.85 bits per heavy atom. The lowest BCUT2D eigenvalue weighted by molar-refractivity contribution is -0.274. The third-order valence-corrected chi connectivity index (χ3v) is 4.01. The second-order valence-corrected chi connectivity index (χ2v) is 6.30. The van der Waals surface area contributed by atoms with E-state index in [1.165, 1.54) is 12.1 Å². The molecule has 8 heteroatoms. The number of aliphatic hydroxyl groups excluding tert-OH is 1. The number of rotatable bonds is 6. The number of benzene rings is 1. The molecule has 1 saturated carbocycles. The lowest BCUT2D eigenvalue weighted by Gasteiger charge is -2.33. The Morgan fingerprint density at radius 3 is 2.38 bits per heavy atom. The zero-order chi connectivity index (χ0) is 19.3. The molecule has 5 nitrogen and oxygen atoms in total. The van der Waals surface area contributed by atoms with E-state index in [1.54, 1.807) is 6.92 Å². The number of halogens is 3. The van der Waals surface area contributed by atoms with Crippen LogP contribution < -0.4 is 9.47 Å².